The van der Waals surface area contributed by atoms with E-state index in [-0.39, 0.29) is 17.7 Å². The van der Waals surface area contributed by atoms with Crippen LogP contribution in [-0.2, 0) is 16.0 Å². The third-order valence-electron chi connectivity index (χ3n) is 4.68. The van der Waals surface area contributed by atoms with E-state index in [0.717, 1.165) is 41.8 Å². The van der Waals surface area contributed by atoms with E-state index in [1.54, 1.807) is 20.0 Å². The molecule has 2 aromatic rings. The minimum Gasteiger partial charge on any atom is -0.356 e. The lowest BCUT2D eigenvalue weighted by atomic mass is 9.88. The number of allylic oxidation sites excluding steroid dienone is 2. The van der Waals surface area contributed by atoms with Gasteiger partial charge in [0, 0.05) is 25.1 Å². The van der Waals surface area contributed by atoms with Gasteiger partial charge in [-0.1, -0.05) is 45.3 Å². The van der Waals surface area contributed by atoms with Gasteiger partial charge in [-0.25, -0.2) is 4.98 Å². The van der Waals surface area contributed by atoms with Gasteiger partial charge >= 0.3 is 0 Å². The maximum atomic E-state index is 12.3. The van der Waals surface area contributed by atoms with Crippen molar-refractivity contribution >= 4 is 28.5 Å². The Balaban J connectivity index is 0.000000428. The second-order valence-electron chi connectivity index (χ2n) is 6.85. The smallest absolute Gasteiger partial charge is 0.243 e. The van der Waals surface area contributed by atoms with Gasteiger partial charge in [-0.15, -0.1) is 6.58 Å². The zero-order valence-corrected chi connectivity index (χ0v) is 18.8. The fraction of sp³-hybridized carbons (Fsp3) is 0.458. The summed E-state index contributed by atoms with van der Waals surface area (Å²) in [6, 6.07) is 5.81. The van der Waals surface area contributed by atoms with E-state index in [1.807, 2.05) is 38.1 Å². The number of anilines is 1. The number of aromatic amines is 1. The number of hydrogen-bond acceptors (Lipinski definition) is 3. The number of carbonyl (C=O) groups excluding carboxylic acids is 2. The summed E-state index contributed by atoms with van der Waals surface area (Å²) in [7, 11) is 1.60. The molecule has 1 fully saturated rings. The van der Waals surface area contributed by atoms with Crippen LogP contribution in [0.4, 0.5) is 5.69 Å². The molecule has 1 aliphatic rings. The van der Waals surface area contributed by atoms with Crippen LogP contribution in [0.2, 0.25) is 0 Å². The van der Waals surface area contributed by atoms with Crippen LogP contribution in [0.5, 0.6) is 0 Å². The Morgan fingerprint density at radius 3 is 2.50 bits per heavy atom. The van der Waals surface area contributed by atoms with Gasteiger partial charge in [-0.05, 0) is 44.0 Å². The Hall–Kier alpha value is -2.89. The number of benzene rings is 1. The summed E-state index contributed by atoms with van der Waals surface area (Å²) in [5.41, 5.74) is 2.71. The van der Waals surface area contributed by atoms with Crippen molar-refractivity contribution in [3.63, 3.8) is 0 Å². The fourth-order valence-electron chi connectivity index (χ4n) is 3.22. The molecular formula is C24H36N4O2. The number of fused-ring (bicyclic) bond motifs is 1. The van der Waals surface area contributed by atoms with Gasteiger partial charge in [-0.2, -0.15) is 0 Å². The number of imidazole rings is 1. The van der Waals surface area contributed by atoms with Gasteiger partial charge < -0.3 is 15.6 Å². The normalized spacial score (nSPS) is 13.6. The molecule has 6 nitrogen and oxygen atoms in total. The molecule has 3 N–H and O–H groups in total. The summed E-state index contributed by atoms with van der Waals surface area (Å²) in [4.78, 5) is 30.2. The second-order valence-corrected chi connectivity index (χ2v) is 6.85. The quantitative estimate of drug-likeness (QED) is 0.469. The predicted molar refractivity (Wildman–Crippen MR) is 125 cm³/mol. The van der Waals surface area contributed by atoms with Crippen LogP contribution in [0.1, 0.15) is 58.7 Å². The zero-order valence-electron chi connectivity index (χ0n) is 18.8. The monoisotopic (exact) mass is 412 g/mol. The van der Waals surface area contributed by atoms with Crippen LogP contribution in [-0.4, -0.2) is 28.8 Å². The molecule has 0 radical (unpaired) electrons. The highest BCUT2D eigenvalue weighted by molar-refractivity contribution is 5.94. The van der Waals surface area contributed by atoms with Crippen molar-refractivity contribution in [1.29, 1.82) is 0 Å². The van der Waals surface area contributed by atoms with Gasteiger partial charge in [0.2, 0.25) is 11.8 Å². The van der Waals surface area contributed by atoms with Crippen molar-refractivity contribution in [1.82, 2.24) is 15.3 Å². The largest absolute Gasteiger partial charge is 0.356 e. The number of H-pyrrole nitrogens is 1. The van der Waals surface area contributed by atoms with E-state index in [0.29, 0.717) is 0 Å². The highest BCUT2D eigenvalue weighted by atomic mass is 16.2. The Bertz CT molecular complexity index is 833. The van der Waals surface area contributed by atoms with Gasteiger partial charge in [0.25, 0.3) is 0 Å². The molecule has 1 aromatic carbocycles. The van der Waals surface area contributed by atoms with E-state index in [2.05, 4.69) is 27.2 Å². The van der Waals surface area contributed by atoms with E-state index >= 15 is 0 Å². The third-order valence-corrected chi connectivity index (χ3v) is 4.68. The Kier molecular flexibility index (Phi) is 11.9. The number of carbonyl (C=O) groups is 2. The average Bonchev–Trinajstić information content (AvgIpc) is 3.18. The van der Waals surface area contributed by atoms with Gasteiger partial charge in [0.1, 0.15) is 5.82 Å². The third kappa shape index (κ3) is 8.23. The van der Waals surface area contributed by atoms with Crippen LogP contribution in [0.3, 0.4) is 0 Å². The van der Waals surface area contributed by atoms with Crippen molar-refractivity contribution in [3.05, 3.63) is 48.8 Å². The molecule has 1 saturated carbocycles. The molecule has 2 amide bonds. The van der Waals surface area contributed by atoms with E-state index in [1.165, 1.54) is 25.3 Å². The molecule has 1 heterocycles. The molecule has 1 aromatic heterocycles. The molecule has 1 aliphatic carbocycles. The first-order chi connectivity index (χ1) is 14.6. The lowest BCUT2D eigenvalue weighted by Gasteiger charge is -2.20. The molecule has 0 unspecified atom stereocenters. The standard InChI is InChI=1S/C17H21N3O.C5H9NO.C2H6/c1-2-6-16-19-14-10-9-13(11-15(14)20-16)18-17(21)12-7-4-3-5-8-12;1-3-4-5(7)6-2;1-2/h2,9-12H,1,3-8H2,(H,18,21)(H,19,20);3-4H,1-2H3,(H,6,7);1-2H3/b;4-3+;. The molecule has 6 heteroatoms. The van der Waals surface area contributed by atoms with Crippen LogP contribution >= 0.6 is 0 Å². The summed E-state index contributed by atoms with van der Waals surface area (Å²) in [6.45, 7) is 9.52. The highest BCUT2D eigenvalue weighted by Crippen LogP contribution is 2.25. The van der Waals surface area contributed by atoms with Gasteiger partial charge in [-0.3, -0.25) is 9.59 Å². The number of rotatable bonds is 5. The van der Waals surface area contributed by atoms with Crippen LogP contribution in [0.25, 0.3) is 11.0 Å². The number of amides is 2. The summed E-state index contributed by atoms with van der Waals surface area (Å²) in [6.07, 6.45) is 11.3. The first-order valence-corrected chi connectivity index (χ1v) is 10.8. The SMILES string of the molecule is C/C=C/C(=O)NC.C=CCc1nc2ccc(NC(=O)C3CCCCC3)cc2[nH]1.CC. The second kappa shape index (κ2) is 14.1. The summed E-state index contributed by atoms with van der Waals surface area (Å²) in [5, 5.41) is 5.48. The van der Waals surface area contributed by atoms with E-state index in [9.17, 15) is 9.59 Å². The number of likely N-dealkylation sites (N-methyl/N-ethyl adjacent to an activating group) is 1. The molecular weight excluding hydrogens is 376 g/mol. The summed E-state index contributed by atoms with van der Waals surface area (Å²) < 4.78 is 0. The lowest BCUT2D eigenvalue weighted by Crippen LogP contribution is -2.24. The van der Waals surface area contributed by atoms with Crippen molar-refractivity contribution in [2.45, 2.75) is 59.3 Å². The maximum Gasteiger partial charge on any atom is 0.243 e. The molecule has 0 saturated heterocycles. The minimum absolute atomic E-state index is 0.0532. The van der Waals surface area contributed by atoms with Crippen LogP contribution in [0, 0.1) is 5.92 Å². The molecule has 0 aliphatic heterocycles. The van der Waals surface area contributed by atoms with Crippen molar-refractivity contribution < 1.29 is 9.59 Å². The van der Waals surface area contributed by atoms with Gasteiger partial charge in [0.15, 0.2) is 0 Å². The summed E-state index contributed by atoms with van der Waals surface area (Å²) >= 11 is 0. The topological polar surface area (TPSA) is 86.9 Å². The van der Waals surface area contributed by atoms with E-state index < -0.39 is 0 Å². The number of nitrogens with one attached hydrogen (secondary N) is 3. The number of nitrogens with zero attached hydrogens (tertiary/aromatic N) is 1. The van der Waals surface area contributed by atoms with Crippen molar-refractivity contribution in [2.24, 2.45) is 5.92 Å². The van der Waals surface area contributed by atoms with Crippen molar-refractivity contribution in [3.8, 4) is 0 Å². The fourth-order valence-corrected chi connectivity index (χ4v) is 3.22. The first kappa shape index (κ1) is 25.1. The lowest BCUT2D eigenvalue weighted by molar-refractivity contribution is -0.120. The molecule has 0 bridgehead atoms. The number of hydrogen-bond donors (Lipinski definition) is 3. The van der Waals surface area contributed by atoms with Gasteiger partial charge in [0.05, 0.1) is 11.0 Å². The maximum absolute atomic E-state index is 12.3. The Morgan fingerprint density at radius 2 is 1.93 bits per heavy atom. The molecule has 0 spiro atoms. The molecule has 0 atom stereocenters. The molecule has 164 valence electrons. The van der Waals surface area contributed by atoms with E-state index in [4.69, 9.17) is 0 Å². The Morgan fingerprint density at radius 1 is 1.23 bits per heavy atom. The number of aromatic nitrogens is 2. The average molecular weight is 413 g/mol. The minimum atomic E-state index is -0.0532. The molecule has 3 rings (SSSR count). The van der Waals surface area contributed by atoms with Crippen LogP contribution in [0.15, 0.2) is 43.0 Å². The van der Waals surface area contributed by atoms with Crippen LogP contribution < -0.4 is 10.6 Å². The Labute approximate surface area is 180 Å². The first-order valence-electron chi connectivity index (χ1n) is 10.8. The zero-order chi connectivity index (χ0) is 22.4. The van der Waals surface area contributed by atoms with Crippen molar-refractivity contribution in [2.75, 3.05) is 12.4 Å². The predicted octanol–water partition coefficient (Wildman–Crippen LogP) is 5.14. The highest BCUT2D eigenvalue weighted by Gasteiger charge is 2.21. The molecule has 30 heavy (non-hydrogen) atoms. The summed E-state index contributed by atoms with van der Waals surface area (Å²) in [5.74, 6) is 1.17.